The van der Waals surface area contributed by atoms with Gasteiger partial charge in [-0.1, -0.05) is 0 Å². The molecule has 0 fully saturated rings. The lowest BCUT2D eigenvalue weighted by atomic mass is 10.1. The van der Waals surface area contributed by atoms with E-state index < -0.39 is 48.8 Å². The number of hydrogen-bond acceptors (Lipinski definition) is 6. The number of nitrogens with two attached hydrogens (primary N) is 3. The second-order valence-corrected chi connectivity index (χ2v) is 4.83. The van der Waals surface area contributed by atoms with E-state index in [9.17, 15) is 19.2 Å². The van der Waals surface area contributed by atoms with Crippen LogP contribution in [0.2, 0.25) is 0 Å². The third-order valence-corrected chi connectivity index (χ3v) is 2.74. The standard InChI is InChI=1S/C12H22N6O6.ClH/c13-6(2-1-3-16-12(14)15)10(22)17-5-8(19)18-7(11(23)24)4-9(20)21;/h6-7H,1-5,13H2,(H,17,22)(H,18,19)(H,20,21)(H,23,24)(H4,14,15,16);1H/t6-,7-;/m0./s1. The zero-order valence-electron chi connectivity index (χ0n) is 13.3. The number of aliphatic imine (C=N–C) groups is 1. The Morgan fingerprint density at radius 3 is 2.20 bits per heavy atom. The molecule has 0 aromatic rings. The number of nitrogens with one attached hydrogen (secondary N) is 2. The van der Waals surface area contributed by atoms with Crippen molar-refractivity contribution in [3.63, 3.8) is 0 Å². The maximum absolute atomic E-state index is 11.7. The number of aliphatic carboxylic acids is 2. The number of carboxylic acids is 2. The number of carbonyl (C=O) groups is 4. The molecule has 25 heavy (non-hydrogen) atoms. The third kappa shape index (κ3) is 12.5. The molecule has 0 unspecified atom stereocenters. The lowest BCUT2D eigenvalue weighted by molar-refractivity contribution is -0.147. The highest BCUT2D eigenvalue weighted by atomic mass is 35.5. The molecule has 0 aliphatic heterocycles. The molecule has 0 rings (SSSR count). The Kier molecular flexibility index (Phi) is 12.6. The minimum atomic E-state index is -1.58. The Morgan fingerprint density at radius 2 is 1.72 bits per heavy atom. The van der Waals surface area contributed by atoms with Crippen LogP contribution in [-0.2, 0) is 19.2 Å². The van der Waals surface area contributed by atoms with Gasteiger partial charge in [0.25, 0.3) is 0 Å². The van der Waals surface area contributed by atoms with Crippen LogP contribution in [-0.4, -0.2) is 65.1 Å². The molecule has 144 valence electrons. The van der Waals surface area contributed by atoms with Crippen molar-refractivity contribution in [3.8, 4) is 0 Å². The lowest BCUT2D eigenvalue weighted by Gasteiger charge is -2.14. The van der Waals surface area contributed by atoms with Crippen molar-refractivity contribution in [1.29, 1.82) is 0 Å². The van der Waals surface area contributed by atoms with E-state index in [2.05, 4.69) is 10.3 Å². The van der Waals surface area contributed by atoms with Gasteiger partial charge in [0, 0.05) is 6.54 Å². The number of nitrogens with zero attached hydrogens (tertiary/aromatic N) is 1. The highest BCUT2D eigenvalue weighted by Gasteiger charge is 2.23. The van der Waals surface area contributed by atoms with E-state index in [1.165, 1.54) is 0 Å². The summed E-state index contributed by atoms with van der Waals surface area (Å²) in [5, 5.41) is 21.5. The fourth-order valence-electron chi connectivity index (χ4n) is 1.57. The van der Waals surface area contributed by atoms with Crippen molar-refractivity contribution in [1.82, 2.24) is 10.6 Å². The van der Waals surface area contributed by atoms with E-state index in [-0.39, 0.29) is 24.8 Å². The number of carbonyl (C=O) groups excluding carboxylic acids is 2. The second-order valence-electron chi connectivity index (χ2n) is 4.83. The fraction of sp³-hybridized carbons (Fsp3) is 0.583. The monoisotopic (exact) mass is 382 g/mol. The molecule has 2 atom stereocenters. The normalized spacial score (nSPS) is 12.0. The number of guanidine groups is 1. The van der Waals surface area contributed by atoms with Crippen LogP contribution in [0.5, 0.6) is 0 Å². The Morgan fingerprint density at radius 1 is 1.12 bits per heavy atom. The highest BCUT2D eigenvalue weighted by Crippen LogP contribution is 1.96. The summed E-state index contributed by atoms with van der Waals surface area (Å²) in [6, 6.07) is -2.47. The van der Waals surface area contributed by atoms with E-state index in [1.807, 2.05) is 5.32 Å². The van der Waals surface area contributed by atoms with Gasteiger partial charge >= 0.3 is 11.9 Å². The van der Waals surface area contributed by atoms with Crippen molar-refractivity contribution >= 4 is 42.1 Å². The molecular formula is C12H23ClN6O6. The van der Waals surface area contributed by atoms with Crippen LogP contribution in [0.15, 0.2) is 4.99 Å². The molecule has 10 N–H and O–H groups in total. The zero-order chi connectivity index (χ0) is 18.7. The molecular weight excluding hydrogens is 360 g/mol. The van der Waals surface area contributed by atoms with Gasteiger partial charge in [-0.15, -0.1) is 12.4 Å². The minimum Gasteiger partial charge on any atom is -0.481 e. The van der Waals surface area contributed by atoms with Crippen molar-refractivity contribution in [3.05, 3.63) is 0 Å². The predicted octanol–water partition coefficient (Wildman–Crippen LogP) is -3.05. The summed E-state index contributed by atoms with van der Waals surface area (Å²) >= 11 is 0. The highest BCUT2D eigenvalue weighted by molar-refractivity contribution is 5.90. The quantitative estimate of drug-likeness (QED) is 0.109. The molecule has 0 radical (unpaired) electrons. The van der Waals surface area contributed by atoms with Crippen molar-refractivity contribution in [2.45, 2.75) is 31.3 Å². The third-order valence-electron chi connectivity index (χ3n) is 2.74. The molecule has 0 aromatic carbocycles. The van der Waals surface area contributed by atoms with Crippen LogP contribution in [0, 0.1) is 0 Å². The number of hydrogen-bond donors (Lipinski definition) is 7. The topological polar surface area (TPSA) is 223 Å². The second kappa shape index (κ2) is 12.8. The Bertz CT molecular complexity index is 510. The van der Waals surface area contributed by atoms with Crippen LogP contribution in [0.3, 0.4) is 0 Å². The first-order chi connectivity index (χ1) is 11.1. The Balaban J connectivity index is 0. The first-order valence-corrected chi connectivity index (χ1v) is 6.96. The predicted molar refractivity (Wildman–Crippen MR) is 90.0 cm³/mol. The summed E-state index contributed by atoms with van der Waals surface area (Å²) in [6.45, 7) is -0.219. The summed E-state index contributed by atoms with van der Waals surface area (Å²) < 4.78 is 0. The SMILES string of the molecule is Cl.NC(N)=NCCC[C@H](N)C(=O)NCC(=O)N[C@@H](CC(=O)O)C(=O)O. The van der Waals surface area contributed by atoms with E-state index in [1.54, 1.807) is 0 Å². The molecule has 0 aromatic heterocycles. The maximum Gasteiger partial charge on any atom is 0.326 e. The fourth-order valence-corrected chi connectivity index (χ4v) is 1.57. The number of amides is 2. The van der Waals surface area contributed by atoms with Gasteiger partial charge in [0.1, 0.15) is 6.04 Å². The number of halogens is 1. The average molecular weight is 383 g/mol. The molecule has 0 aliphatic rings. The van der Waals surface area contributed by atoms with E-state index in [0.717, 1.165) is 0 Å². The molecule has 2 amide bonds. The summed E-state index contributed by atoms with van der Waals surface area (Å²) in [5.41, 5.74) is 15.9. The molecule has 0 saturated heterocycles. The molecule has 0 aliphatic carbocycles. The van der Waals surface area contributed by atoms with Crippen LogP contribution in [0.1, 0.15) is 19.3 Å². The van der Waals surface area contributed by atoms with Crippen LogP contribution in [0.4, 0.5) is 0 Å². The Labute approximate surface area is 149 Å². The summed E-state index contributed by atoms with van der Waals surface area (Å²) in [4.78, 5) is 48.2. The van der Waals surface area contributed by atoms with Gasteiger partial charge in [-0.25, -0.2) is 4.79 Å². The Hall–Kier alpha value is -2.60. The van der Waals surface area contributed by atoms with Gasteiger partial charge in [-0.2, -0.15) is 0 Å². The molecule has 0 heterocycles. The van der Waals surface area contributed by atoms with E-state index in [4.69, 9.17) is 27.4 Å². The van der Waals surface area contributed by atoms with Gasteiger partial charge in [0.05, 0.1) is 19.0 Å². The summed E-state index contributed by atoms with van der Waals surface area (Å²) in [7, 11) is 0. The first kappa shape index (κ1) is 24.6. The van der Waals surface area contributed by atoms with Gasteiger partial charge < -0.3 is 38.0 Å². The van der Waals surface area contributed by atoms with Crippen molar-refractivity contribution < 1.29 is 29.4 Å². The van der Waals surface area contributed by atoms with Gasteiger partial charge in [-0.05, 0) is 12.8 Å². The van der Waals surface area contributed by atoms with Crippen molar-refractivity contribution in [2.24, 2.45) is 22.2 Å². The summed E-state index contributed by atoms with van der Waals surface area (Å²) in [5.74, 6) is -4.40. The van der Waals surface area contributed by atoms with Crippen LogP contribution < -0.4 is 27.8 Å². The molecule has 0 bridgehead atoms. The largest absolute Gasteiger partial charge is 0.481 e. The van der Waals surface area contributed by atoms with E-state index in [0.29, 0.717) is 13.0 Å². The number of rotatable bonds is 11. The zero-order valence-corrected chi connectivity index (χ0v) is 14.1. The average Bonchev–Trinajstić information content (AvgIpc) is 2.47. The summed E-state index contributed by atoms with van der Waals surface area (Å²) in [6.07, 6.45) is -0.0430. The minimum absolute atomic E-state index is 0. The van der Waals surface area contributed by atoms with Gasteiger partial charge in [0.2, 0.25) is 11.8 Å². The van der Waals surface area contributed by atoms with Gasteiger partial charge in [-0.3, -0.25) is 19.4 Å². The lowest BCUT2D eigenvalue weighted by Crippen LogP contribution is -2.49. The van der Waals surface area contributed by atoms with E-state index >= 15 is 0 Å². The first-order valence-electron chi connectivity index (χ1n) is 6.96. The van der Waals surface area contributed by atoms with Crippen molar-refractivity contribution in [2.75, 3.05) is 13.1 Å². The molecule has 0 spiro atoms. The number of carboxylic acid groups (broad SMARTS) is 2. The van der Waals surface area contributed by atoms with Crippen LogP contribution >= 0.6 is 12.4 Å². The smallest absolute Gasteiger partial charge is 0.326 e. The molecule has 13 heteroatoms. The molecule has 12 nitrogen and oxygen atoms in total. The molecule has 0 saturated carbocycles. The van der Waals surface area contributed by atoms with Gasteiger partial charge in [0.15, 0.2) is 5.96 Å². The maximum atomic E-state index is 11.7. The van der Waals surface area contributed by atoms with Crippen LogP contribution in [0.25, 0.3) is 0 Å².